The fourth-order valence-electron chi connectivity index (χ4n) is 2.69. The van der Waals surface area contributed by atoms with E-state index < -0.39 is 5.97 Å². The highest BCUT2D eigenvalue weighted by molar-refractivity contribution is 5.94. The molecular weight excluding hydrogens is 292 g/mol. The Hall–Kier alpha value is -2.69. The van der Waals surface area contributed by atoms with Crippen molar-refractivity contribution in [3.63, 3.8) is 0 Å². The van der Waals surface area contributed by atoms with E-state index >= 15 is 0 Å². The van der Waals surface area contributed by atoms with Gasteiger partial charge < -0.3 is 10.0 Å². The van der Waals surface area contributed by atoms with Crippen molar-refractivity contribution in [1.29, 1.82) is 0 Å². The molecular formula is C18H20N2O3. The number of hydrogen-bond donors (Lipinski definition) is 1. The summed E-state index contributed by atoms with van der Waals surface area (Å²) in [6.45, 7) is 4.09. The molecule has 0 spiro atoms. The molecule has 0 radical (unpaired) electrons. The van der Waals surface area contributed by atoms with Gasteiger partial charge in [-0.15, -0.1) is 0 Å². The highest BCUT2D eigenvalue weighted by Crippen LogP contribution is 2.28. The van der Waals surface area contributed by atoms with E-state index in [2.05, 4.69) is 4.98 Å². The zero-order valence-electron chi connectivity index (χ0n) is 13.4. The van der Waals surface area contributed by atoms with E-state index in [9.17, 15) is 9.59 Å². The first-order chi connectivity index (χ1) is 10.9. The summed E-state index contributed by atoms with van der Waals surface area (Å²) in [6, 6.07) is 14.1. The van der Waals surface area contributed by atoms with Crippen molar-refractivity contribution >= 4 is 11.9 Å². The Morgan fingerprint density at radius 2 is 1.61 bits per heavy atom. The Balaban J connectivity index is 2.33. The van der Waals surface area contributed by atoms with Crippen LogP contribution >= 0.6 is 0 Å². The van der Waals surface area contributed by atoms with Crippen LogP contribution in [0.2, 0.25) is 0 Å². The van der Waals surface area contributed by atoms with Crippen molar-refractivity contribution in [3.8, 4) is 0 Å². The Kier molecular flexibility index (Phi) is 5.11. The average Bonchev–Trinajstić information content (AvgIpc) is 2.55. The quantitative estimate of drug-likeness (QED) is 0.920. The number of aromatic carboxylic acids is 1. The summed E-state index contributed by atoms with van der Waals surface area (Å²) in [5, 5.41) is 9.02. The first kappa shape index (κ1) is 16.7. The van der Waals surface area contributed by atoms with E-state index in [0.717, 1.165) is 5.56 Å². The summed E-state index contributed by atoms with van der Waals surface area (Å²) in [5.41, 5.74) is 1.03. The number of carboxylic acids is 1. The summed E-state index contributed by atoms with van der Waals surface area (Å²) >= 11 is 0. The predicted octanol–water partition coefficient (Wildman–Crippen LogP) is 3.25. The van der Waals surface area contributed by atoms with E-state index in [1.54, 1.807) is 11.9 Å². The molecule has 0 aliphatic rings. The highest BCUT2D eigenvalue weighted by atomic mass is 16.4. The topological polar surface area (TPSA) is 70.5 Å². The van der Waals surface area contributed by atoms with Crippen LogP contribution in [0.15, 0.2) is 48.5 Å². The van der Waals surface area contributed by atoms with E-state index in [1.807, 2.05) is 44.2 Å². The van der Waals surface area contributed by atoms with Gasteiger partial charge in [-0.2, -0.15) is 0 Å². The van der Waals surface area contributed by atoms with Crippen LogP contribution in [0.1, 0.15) is 46.4 Å². The zero-order chi connectivity index (χ0) is 17.0. The fraction of sp³-hybridized carbons (Fsp3) is 0.278. The van der Waals surface area contributed by atoms with E-state index in [4.69, 9.17) is 5.11 Å². The number of amides is 1. The van der Waals surface area contributed by atoms with Crippen molar-refractivity contribution in [2.24, 2.45) is 5.92 Å². The molecule has 0 saturated heterocycles. The molecule has 1 aromatic heterocycles. The lowest BCUT2D eigenvalue weighted by molar-refractivity contribution is 0.0677. The molecule has 0 bridgehead atoms. The largest absolute Gasteiger partial charge is 0.477 e. The first-order valence-electron chi connectivity index (χ1n) is 7.44. The third-order valence-electron chi connectivity index (χ3n) is 3.70. The smallest absolute Gasteiger partial charge is 0.354 e. The van der Waals surface area contributed by atoms with Crippen molar-refractivity contribution in [2.45, 2.75) is 19.9 Å². The van der Waals surface area contributed by atoms with Gasteiger partial charge in [0.25, 0.3) is 5.91 Å². The van der Waals surface area contributed by atoms with E-state index in [0.29, 0.717) is 0 Å². The minimum atomic E-state index is -1.15. The number of rotatable bonds is 5. The van der Waals surface area contributed by atoms with Crippen molar-refractivity contribution in [1.82, 2.24) is 9.88 Å². The van der Waals surface area contributed by atoms with Gasteiger partial charge in [0, 0.05) is 7.05 Å². The summed E-state index contributed by atoms with van der Waals surface area (Å²) in [6.07, 6.45) is 0. The van der Waals surface area contributed by atoms with Gasteiger partial charge >= 0.3 is 5.97 Å². The van der Waals surface area contributed by atoms with Crippen molar-refractivity contribution in [3.05, 3.63) is 65.5 Å². The summed E-state index contributed by atoms with van der Waals surface area (Å²) in [7, 11) is 1.72. The molecule has 1 heterocycles. The lowest BCUT2D eigenvalue weighted by Gasteiger charge is -2.31. The number of nitrogens with zero attached hydrogens (tertiary/aromatic N) is 2. The third-order valence-corrected chi connectivity index (χ3v) is 3.70. The van der Waals surface area contributed by atoms with Crippen molar-refractivity contribution < 1.29 is 14.7 Å². The van der Waals surface area contributed by atoms with Crippen molar-refractivity contribution in [2.75, 3.05) is 7.05 Å². The predicted molar refractivity (Wildman–Crippen MR) is 87.3 cm³/mol. The van der Waals surface area contributed by atoms with Crippen LogP contribution < -0.4 is 0 Å². The number of pyridine rings is 1. The Morgan fingerprint density at radius 3 is 2.17 bits per heavy atom. The molecule has 0 aliphatic carbocycles. The summed E-state index contributed by atoms with van der Waals surface area (Å²) in [4.78, 5) is 29.3. The third kappa shape index (κ3) is 3.74. The van der Waals surface area contributed by atoms with Gasteiger partial charge in [-0.1, -0.05) is 50.2 Å². The van der Waals surface area contributed by atoms with Crippen LogP contribution in [0, 0.1) is 5.92 Å². The van der Waals surface area contributed by atoms with Crippen LogP contribution in [0.3, 0.4) is 0 Å². The molecule has 1 atom stereocenters. The maximum atomic E-state index is 12.7. The maximum Gasteiger partial charge on any atom is 0.354 e. The van der Waals surface area contributed by atoms with Crippen LogP contribution in [0.5, 0.6) is 0 Å². The number of benzene rings is 1. The lowest BCUT2D eigenvalue weighted by Crippen LogP contribution is -2.34. The number of carbonyl (C=O) groups is 2. The Bertz CT molecular complexity index is 698. The number of hydrogen-bond acceptors (Lipinski definition) is 3. The van der Waals surface area contributed by atoms with Crippen LogP contribution in [-0.4, -0.2) is 33.9 Å². The minimum absolute atomic E-state index is 0.112. The molecule has 5 nitrogen and oxygen atoms in total. The van der Waals surface area contributed by atoms with Gasteiger partial charge in [0.15, 0.2) is 0 Å². The summed E-state index contributed by atoms with van der Waals surface area (Å²) in [5.74, 6) is -1.24. The molecule has 120 valence electrons. The monoisotopic (exact) mass is 312 g/mol. The van der Waals surface area contributed by atoms with Gasteiger partial charge in [0.05, 0.1) is 6.04 Å². The van der Waals surface area contributed by atoms with E-state index in [1.165, 1.54) is 18.2 Å². The molecule has 1 amide bonds. The Morgan fingerprint density at radius 1 is 1.00 bits per heavy atom. The van der Waals surface area contributed by atoms with Gasteiger partial charge in [-0.25, -0.2) is 9.78 Å². The fourth-order valence-corrected chi connectivity index (χ4v) is 2.69. The number of aromatic nitrogens is 1. The lowest BCUT2D eigenvalue weighted by atomic mass is 9.94. The van der Waals surface area contributed by atoms with Crippen LogP contribution in [-0.2, 0) is 0 Å². The second-order valence-corrected chi connectivity index (χ2v) is 5.73. The Labute approximate surface area is 135 Å². The molecule has 23 heavy (non-hydrogen) atoms. The second-order valence-electron chi connectivity index (χ2n) is 5.73. The molecule has 2 aromatic rings. The average molecular weight is 312 g/mol. The molecule has 0 fully saturated rings. The molecule has 5 heteroatoms. The van der Waals surface area contributed by atoms with Gasteiger partial charge in [0.2, 0.25) is 0 Å². The molecule has 0 saturated carbocycles. The number of carboxylic acid groups (broad SMARTS) is 1. The number of carbonyl (C=O) groups excluding carboxylic acids is 1. The normalized spacial score (nSPS) is 12.0. The first-order valence-corrected chi connectivity index (χ1v) is 7.44. The van der Waals surface area contributed by atoms with Crippen LogP contribution in [0.4, 0.5) is 0 Å². The SMILES string of the molecule is CC(C)C(c1ccccc1)N(C)C(=O)c1cccc(C(=O)O)n1. The molecule has 1 N–H and O–H groups in total. The summed E-state index contributed by atoms with van der Waals surface area (Å²) < 4.78 is 0. The van der Waals surface area contributed by atoms with Gasteiger partial charge in [0.1, 0.15) is 11.4 Å². The molecule has 1 aromatic carbocycles. The standard InChI is InChI=1S/C18H20N2O3/c1-12(2)16(13-8-5-4-6-9-13)20(3)17(21)14-10-7-11-15(19-14)18(22)23/h4-12,16H,1-3H3,(H,22,23). The molecule has 1 unspecified atom stereocenters. The minimum Gasteiger partial charge on any atom is -0.477 e. The second kappa shape index (κ2) is 7.05. The van der Waals surface area contributed by atoms with Gasteiger partial charge in [-0.3, -0.25) is 4.79 Å². The molecule has 2 rings (SSSR count). The maximum absolute atomic E-state index is 12.7. The van der Waals surface area contributed by atoms with E-state index in [-0.39, 0.29) is 29.3 Å². The zero-order valence-corrected chi connectivity index (χ0v) is 13.4. The molecule has 0 aliphatic heterocycles. The highest BCUT2D eigenvalue weighted by Gasteiger charge is 2.26. The van der Waals surface area contributed by atoms with Crippen LogP contribution in [0.25, 0.3) is 0 Å². The van der Waals surface area contributed by atoms with Gasteiger partial charge in [-0.05, 0) is 23.6 Å².